The van der Waals surface area contributed by atoms with Gasteiger partial charge in [-0.2, -0.15) is 0 Å². The summed E-state index contributed by atoms with van der Waals surface area (Å²) in [5, 5.41) is 3.77. The third kappa shape index (κ3) is 6.22. The Bertz CT molecular complexity index is 518. The fraction of sp³-hybridized carbons (Fsp3) is 0.571. The first-order valence-electron chi connectivity index (χ1n) is 6.79. The van der Waals surface area contributed by atoms with E-state index in [1.165, 1.54) is 0 Å². The highest BCUT2D eigenvalue weighted by molar-refractivity contribution is 7.89. The van der Waals surface area contributed by atoms with E-state index in [1.54, 1.807) is 13.0 Å². The monoisotopic (exact) mass is 318 g/mol. The molecule has 0 heterocycles. The van der Waals surface area contributed by atoms with E-state index in [4.69, 9.17) is 11.6 Å². The highest BCUT2D eigenvalue weighted by Gasteiger charge is 2.17. The van der Waals surface area contributed by atoms with Crippen LogP contribution in [-0.2, 0) is 10.0 Å². The summed E-state index contributed by atoms with van der Waals surface area (Å²) in [5.74, 6) is 0.113. The Kier molecular flexibility index (Phi) is 6.95. The summed E-state index contributed by atoms with van der Waals surface area (Å²) in [7, 11) is -3.29. The summed E-state index contributed by atoms with van der Waals surface area (Å²) < 4.78 is 26.6. The average molecular weight is 319 g/mol. The van der Waals surface area contributed by atoms with Crippen molar-refractivity contribution >= 4 is 21.6 Å². The number of hydrogen-bond acceptors (Lipinski definition) is 3. The molecule has 1 aromatic carbocycles. The summed E-state index contributed by atoms with van der Waals surface area (Å²) in [5.41, 5.74) is 0.790. The van der Waals surface area contributed by atoms with Crippen molar-refractivity contribution in [3.8, 4) is 0 Å². The molecule has 0 aromatic heterocycles. The van der Waals surface area contributed by atoms with Crippen LogP contribution in [0, 0.1) is 0 Å². The minimum Gasteiger partial charge on any atom is -0.314 e. The normalized spacial score (nSPS) is 13.7. The Morgan fingerprint density at radius 2 is 1.85 bits per heavy atom. The van der Waals surface area contributed by atoms with Crippen LogP contribution in [0.15, 0.2) is 24.3 Å². The van der Waals surface area contributed by atoms with Crippen LogP contribution in [0.4, 0.5) is 0 Å². The molecule has 0 saturated carbocycles. The van der Waals surface area contributed by atoms with Gasteiger partial charge in [-0.05, 0) is 31.5 Å². The standard InChI is InChI=1S/C14H23ClN2O2S/c1-11(2)16-9-6-10-20(18,19)17-12(3)13-7-4-5-8-14(13)15/h4-5,7-8,11-12,16-17H,6,9-10H2,1-3H3. The van der Waals surface area contributed by atoms with Crippen molar-refractivity contribution in [2.24, 2.45) is 0 Å². The molecule has 0 amide bonds. The second kappa shape index (κ2) is 7.98. The van der Waals surface area contributed by atoms with Crippen molar-refractivity contribution in [1.82, 2.24) is 10.0 Å². The number of rotatable bonds is 8. The van der Waals surface area contributed by atoms with E-state index in [-0.39, 0.29) is 11.8 Å². The van der Waals surface area contributed by atoms with Gasteiger partial charge in [0.1, 0.15) is 0 Å². The van der Waals surface area contributed by atoms with Crippen LogP contribution < -0.4 is 10.0 Å². The Hall–Kier alpha value is -0.620. The van der Waals surface area contributed by atoms with Gasteiger partial charge in [-0.25, -0.2) is 13.1 Å². The summed E-state index contributed by atoms with van der Waals surface area (Å²) in [6.45, 7) is 6.56. The molecule has 114 valence electrons. The van der Waals surface area contributed by atoms with Crippen LogP contribution >= 0.6 is 11.6 Å². The summed E-state index contributed by atoms with van der Waals surface area (Å²) >= 11 is 6.06. The molecule has 4 nitrogen and oxygen atoms in total. The van der Waals surface area contributed by atoms with Crippen molar-refractivity contribution < 1.29 is 8.42 Å². The van der Waals surface area contributed by atoms with Crippen molar-refractivity contribution in [3.63, 3.8) is 0 Å². The van der Waals surface area contributed by atoms with E-state index in [9.17, 15) is 8.42 Å². The number of nitrogens with one attached hydrogen (secondary N) is 2. The molecule has 1 rings (SSSR count). The van der Waals surface area contributed by atoms with E-state index in [0.29, 0.717) is 24.0 Å². The summed E-state index contributed by atoms with van der Waals surface area (Å²) in [6, 6.07) is 7.30. The fourth-order valence-corrected chi connectivity index (χ4v) is 3.48. The maximum atomic E-state index is 12.0. The summed E-state index contributed by atoms with van der Waals surface area (Å²) in [4.78, 5) is 0. The van der Waals surface area contributed by atoms with E-state index in [0.717, 1.165) is 5.56 Å². The van der Waals surface area contributed by atoms with Crippen LogP contribution in [0.2, 0.25) is 5.02 Å². The molecule has 0 aliphatic carbocycles. The van der Waals surface area contributed by atoms with Gasteiger partial charge in [0.15, 0.2) is 0 Å². The molecule has 2 N–H and O–H groups in total. The first-order chi connectivity index (χ1) is 9.32. The second-order valence-corrected chi connectivity index (χ2v) is 7.42. The van der Waals surface area contributed by atoms with Crippen LogP contribution in [0.1, 0.15) is 38.8 Å². The van der Waals surface area contributed by atoms with Gasteiger partial charge in [0.25, 0.3) is 0 Å². The third-order valence-electron chi connectivity index (χ3n) is 2.87. The summed E-state index contributed by atoms with van der Waals surface area (Å²) in [6.07, 6.45) is 0.586. The smallest absolute Gasteiger partial charge is 0.212 e. The topological polar surface area (TPSA) is 58.2 Å². The Balaban J connectivity index is 2.52. The lowest BCUT2D eigenvalue weighted by Gasteiger charge is -2.16. The lowest BCUT2D eigenvalue weighted by atomic mass is 10.1. The van der Waals surface area contributed by atoms with Crippen LogP contribution in [-0.4, -0.2) is 26.8 Å². The molecule has 0 radical (unpaired) electrons. The molecular weight excluding hydrogens is 296 g/mol. The SMILES string of the molecule is CC(C)NCCCS(=O)(=O)NC(C)c1ccccc1Cl. The van der Waals surface area contributed by atoms with Crippen molar-refractivity contribution in [1.29, 1.82) is 0 Å². The minimum absolute atomic E-state index is 0.113. The predicted octanol–water partition coefficient (Wildman–Crippen LogP) is 2.71. The average Bonchev–Trinajstić information content (AvgIpc) is 2.34. The predicted molar refractivity (Wildman–Crippen MR) is 84.5 cm³/mol. The lowest BCUT2D eigenvalue weighted by Crippen LogP contribution is -2.31. The van der Waals surface area contributed by atoms with Crippen LogP contribution in [0.25, 0.3) is 0 Å². The number of benzene rings is 1. The Labute approximate surface area is 127 Å². The zero-order chi connectivity index (χ0) is 15.2. The molecule has 6 heteroatoms. The van der Waals surface area contributed by atoms with Gasteiger partial charge in [0.2, 0.25) is 10.0 Å². The maximum absolute atomic E-state index is 12.0. The number of halogens is 1. The highest BCUT2D eigenvalue weighted by atomic mass is 35.5. The number of sulfonamides is 1. The van der Waals surface area contributed by atoms with E-state index in [2.05, 4.69) is 10.0 Å². The molecule has 0 fully saturated rings. The zero-order valence-electron chi connectivity index (χ0n) is 12.2. The number of hydrogen-bond donors (Lipinski definition) is 2. The zero-order valence-corrected chi connectivity index (χ0v) is 13.8. The van der Waals surface area contributed by atoms with Gasteiger partial charge in [-0.3, -0.25) is 0 Å². The van der Waals surface area contributed by atoms with Gasteiger partial charge >= 0.3 is 0 Å². The first kappa shape index (κ1) is 17.4. The van der Waals surface area contributed by atoms with E-state index < -0.39 is 10.0 Å². The molecule has 1 aromatic rings. The van der Waals surface area contributed by atoms with E-state index >= 15 is 0 Å². The maximum Gasteiger partial charge on any atom is 0.212 e. The van der Waals surface area contributed by atoms with Gasteiger partial charge in [0, 0.05) is 17.1 Å². The molecule has 0 aliphatic heterocycles. The van der Waals surface area contributed by atoms with Crippen molar-refractivity contribution in [3.05, 3.63) is 34.9 Å². The molecule has 0 aliphatic rings. The Morgan fingerprint density at radius 1 is 1.20 bits per heavy atom. The van der Waals surface area contributed by atoms with Gasteiger partial charge in [-0.15, -0.1) is 0 Å². The molecule has 0 spiro atoms. The molecule has 1 unspecified atom stereocenters. The van der Waals surface area contributed by atoms with E-state index in [1.807, 2.05) is 32.0 Å². The molecular formula is C14H23ClN2O2S. The first-order valence-corrected chi connectivity index (χ1v) is 8.82. The lowest BCUT2D eigenvalue weighted by molar-refractivity contribution is 0.552. The second-order valence-electron chi connectivity index (χ2n) is 5.14. The van der Waals surface area contributed by atoms with Gasteiger partial charge in [-0.1, -0.05) is 43.6 Å². The Morgan fingerprint density at radius 3 is 2.45 bits per heavy atom. The van der Waals surface area contributed by atoms with Crippen LogP contribution in [0.5, 0.6) is 0 Å². The third-order valence-corrected chi connectivity index (χ3v) is 4.75. The molecule has 1 atom stereocenters. The van der Waals surface area contributed by atoms with Gasteiger partial charge < -0.3 is 5.32 Å². The van der Waals surface area contributed by atoms with Crippen molar-refractivity contribution in [2.45, 2.75) is 39.3 Å². The molecule has 0 saturated heterocycles. The highest BCUT2D eigenvalue weighted by Crippen LogP contribution is 2.22. The molecule has 20 heavy (non-hydrogen) atoms. The van der Waals surface area contributed by atoms with Gasteiger partial charge in [0.05, 0.1) is 5.75 Å². The van der Waals surface area contributed by atoms with Crippen molar-refractivity contribution in [2.75, 3.05) is 12.3 Å². The largest absolute Gasteiger partial charge is 0.314 e. The fourth-order valence-electron chi connectivity index (χ4n) is 1.87. The van der Waals surface area contributed by atoms with Crippen LogP contribution in [0.3, 0.4) is 0 Å². The molecule has 0 bridgehead atoms. The minimum atomic E-state index is -3.29. The quantitative estimate of drug-likeness (QED) is 0.725.